The Hall–Kier alpha value is -0.950. The van der Waals surface area contributed by atoms with E-state index in [9.17, 15) is 0 Å². The quantitative estimate of drug-likeness (QED) is 0.864. The number of benzene rings is 1. The number of nitrogens with two attached hydrogens (primary N) is 1. The number of nitrogens with zero attached hydrogens (tertiary/aromatic N) is 2. The molecule has 0 aliphatic carbocycles. The van der Waals surface area contributed by atoms with Gasteiger partial charge in [0.1, 0.15) is 0 Å². The van der Waals surface area contributed by atoms with Crippen molar-refractivity contribution in [1.29, 1.82) is 0 Å². The van der Waals surface area contributed by atoms with Crippen LogP contribution in [0.15, 0.2) is 28.7 Å². The highest BCUT2D eigenvalue weighted by molar-refractivity contribution is 14.1. The summed E-state index contributed by atoms with van der Waals surface area (Å²) >= 11 is 2.24. The van der Waals surface area contributed by atoms with Gasteiger partial charge in [0.25, 0.3) is 0 Å². The molecule has 1 heterocycles. The molecule has 0 fully saturated rings. The third-order valence-electron chi connectivity index (χ3n) is 1.90. The van der Waals surface area contributed by atoms with Crippen molar-refractivity contribution in [2.75, 3.05) is 0 Å². The van der Waals surface area contributed by atoms with Crippen LogP contribution in [-0.2, 0) is 0 Å². The molecule has 0 bridgehead atoms. The number of hydrogen-bond donors (Lipinski definition) is 1. The molecule has 0 amide bonds. The molecule has 0 radical (unpaired) electrons. The predicted molar refractivity (Wildman–Crippen MR) is 65.1 cm³/mol. The fourth-order valence-corrected chi connectivity index (χ4v) is 1.70. The molecule has 0 spiro atoms. The van der Waals surface area contributed by atoms with Gasteiger partial charge in [-0.1, -0.05) is 6.07 Å². The Morgan fingerprint density at radius 1 is 1.40 bits per heavy atom. The molecule has 0 aliphatic heterocycles. The lowest BCUT2D eigenvalue weighted by molar-refractivity contribution is 0.473. The van der Waals surface area contributed by atoms with Crippen LogP contribution < -0.4 is 5.73 Å². The van der Waals surface area contributed by atoms with Gasteiger partial charge in [-0.2, -0.15) is 0 Å². The number of hydrogen-bond acceptors (Lipinski definition) is 4. The van der Waals surface area contributed by atoms with Crippen molar-refractivity contribution < 1.29 is 4.42 Å². The second-order valence-corrected chi connectivity index (χ2v) is 4.49. The average Bonchev–Trinajstić information content (AvgIpc) is 2.66. The Morgan fingerprint density at radius 3 is 2.80 bits per heavy atom. The van der Waals surface area contributed by atoms with Crippen LogP contribution in [0.3, 0.4) is 0 Å². The van der Waals surface area contributed by atoms with Gasteiger partial charge in [-0.05, 0) is 47.7 Å². The van der Waals surface area contributed by atoms with Crippen molar-refractivity contribution in [2.45, 2.75) is 13.0 Å². The van der Waals surface area contributed by atoms with Crippen LogP contribution in [0.2, 0.25) is 0 Å². The molecule has 5 heteroatoms. The van der Waals surface area contributed by atoms with Crippen LogP contribution in [-0.4, -0.2) is 10.2 Å². The molecule has 4 nitrogen and oxygen atoms in total. The summed E-state index contributed by atoms with van der Waals surface area (Å²) in [6.07, 6.45) is 0. The van der Waals surface area contributed by atoms with Crippen molar-refractivity contribution in [2.24, 2.45) is 5.73 Å². The van der Waals surface area contributed by atoms with Gasteiger partial charge in [0.05, 0.1) is 6.04 Å². The minimum atomic E-state index is -0.228. The summed E-state index contributed by atoms with van der Waals surface area (Å²) in [4.78, 5) is 0. The zero-order valence-corrected chi connectivity index (χ0v) is 10.3. The molecule has 1 aromatic carbocycles. The molecule has 78 valence electrons. The van der Waals surface area contributed by atoms with Gasteiger partial charge in [-0.3, -0.25) is 0 Å². The Morgan fingerprint density at radius 2 is 2.20 bits per heavy atom. The van der Waals surface area contributed by atoms with Gasteiger partial charge in [-0.25, -0.2) is 0 Å². The van der Waals surface area contributed by atoms with Crippen LogP contribution >= 0.6 is 22.6 Å². The van der Waals surface area contributed by atoms with E-state index in [2.05, 4.69) is 32.8 Å². The minimum absolute atomic E-state index is 0.228. The first kappa shape index (κ1) is 10.6. The largest absolute Gasteiger partial charge is 0.419 e. The Kier molecular flexibility index (Phi) is 3.01. The van der Waals surface area contributed by atoms with Gasteiger partial charge < -0.3 is 10.2 Å². The summed E-state index contributed by atoms with van der Waals surface area (Å²) in [5.41, 5.74) is 6.56. The van der Waals surface area contributed by atoms with E-state index in [0.29, 0.717) is 11.8 Å². The molecular weight excluding hydrogens is 305 g/mol. The molecule has 15 heavy (non-hydrogen) atoms. The van der Waals surface area contributed by atoms with Gasteiger partial charge >= 0.3 is 0 Å². The third kappa shape index (κ3) is 2.35. The van der Waals surface area contributed by atoms with Gasteiger partial charge in [-0.15, -0.1) is 10.2 Å². The summed E-state index contributed by atoms with van der Waals surface area (Å²) in [5.74, 6) is 0.977. The maximum atomic E-state index is 5.64. The lowest BCUT2D eigenvalue weighted by Crippen LogP contribution is -2.04. The van der Waals surface area contributed by atoms with Gasteiger partial charge in [0.15, 0.2) is 0 Å². The summed E-state index contributed by atoms with van der Waals surface area (Å²) in [6, 6.07) is 7.65. The van der Waals surface area contributed by atoms with Crippen molar-refractivity contribution >= 4 is 22.6 Å². The summed E-state index contributed by atoms with van der Waals surface area (Å²) in [6.45, 7) is 1.81. The van der Waals surface area contributed by atoms with Crippen LogP contribution in [0, 0.1) is 3.57 Å². The third-order valence-corrected chi connectivity index (χ3v) is 2.57. The summed E-state index contributed by atoms with van der Waals surface area (Å²) < 4.78 is 6.57. The predicted octanol–water partition coefficient (Wildman–Crippen LogP) is 2.36. The first-order valence-corrected chi connectivity index (χ1v) is 5.59. The zero-order chi connectivity index (χ0) is 10.8. The lowest BCUT2D eigenvalue weighted by atomic mass is 10.2. The SMILES string of the molecule is CC(N)c1nnc(-c2cccc(I)c2)o1. The van der Waals surface area contributed by atoms with E-state index < -0.39 is 0 Å². The normalized spacial score (nSPS) is 12.7. The molecule has 0 saturated carbocycles. The van der Waals surface area contributed by atoms with E-state index in [0.717, 1.165) is 9.13 Å². The maximum absolute atomic E-state index is 5.64. The van der Waals surface area contributed by atoms with Gasteiger partial charge in [0, 0.05) is 9.13 Å². The number of rotatable bonds is 2. The molecule has 1 atom stereocenters. The molecule has 2 N–H and O–H groups in total. The molecule has 0 aliphatic rings. The maximum Gasteiger partial charge on any atom is 0.247 e. The molecule has 1 aromatic heterocycles. The number of halogens is 1. The van der Waals surface area contributed by atoms with E-state index in [1.54, 1.807) is 0 Å². The second-order valence-electron chi connectivity index (χ2n) is 3.24. The van der Waals surface area contributed by atoms with E-state index in [1.807, 2.05) is 31.2 Å². The highest BCUT2D eigenvalue weighted by Gasteiger charge is 2.11. The topological polar surface area (TPSA) is 64.9 Å². The van der Waals surface area contributed by atoms with E-state index in [-0.39, 0.29) is 6.04 Å². The fourth-order valence-electron chi connectivity index (χ4n) is 1.16. The van der Waals surface area contributed by atoms with Crippen LogP contribution in [0.25, 0.3) is 11.5 Å². The first-order valence-electron chi connectivity index (χ1n) is 4.52. The molecule has 2 rings (SSSR count). The molecule has 1 unspecified atom stereocenters. The van der Waals surface area contributed by atoms with Crippen molar-refractivity contribution in [3.8, 4) is 11.5 Å². The van der Waals surface area contributed by atoms with Crippen LogP contribution in [0.1, 0.15) is 18.9 Å². The highest BCUT2D eigenvalue weighted by atomic mass is 127. The fraction of sp³-hybridized carbons (Fsp3) is 0.200. The van der Waals surface area contributed by atoms with Crippen molar-refractivity contribution in [3.05, 3.63) is 33.7 Å². The monoisotopic (exact) mass is 315 g/mol. The first-order chi connectivity index (χ1) is 7.16. The lowest BCUT2D eigenvalue weighted by Gasteiger charge is -1.96. The highest BCUT2D eigenvalue weighted by Crippen LogP contribution is 2.21. The summed E-state index contributed by atoms with van der Waals surface area (Å²) in [5, 5.41) is 7.83. The van der Waals surface area contributed by atoms with E-state index in [4.69, 9.17) is 10.2 Å². The van der Waals surface area contributed by atoms with Gasteiger partial charge in [0.2, 0.25) is 11.8 Å². The zero-order valence-electron chi connectivity index (χ0n) is 8.14. The Balaban J connectivity index is 2.37. The smallest absolute Gasteiger partial charge is 0.247 e. The number of aromatic nitrogens is 2. The molecule has 0 saturated heterocycles. The average molecular weight is 315 g/mol. The van der Waals surface area contributed by atoms with Crippen molar-refractivity contribution in [3.63, 3.8) is 0 Å². The van der Waals surface area contributed by atoms with Crippen LogP contribution in [0.5, 0.6) is 0 Å². The Bertz CT molecular complexity index is 467. The minimum Gasteiger partial charge on any atom is -0.419 e. The standard InChI is InChI=1S/C10H10IN3O/c1-6(12)9-13-14-10(15-9)7-3-2-4-8(11)5-7/h2-6H,12H2,1H3. The molecule has 2 aromatic rings. The van der Waals surface area contributed by atoms with Crippen molar-refractivity contribution in [1.82, 2.24) is 10.2 Å². The van der Waals surface area contributed by atoms with E-state index in [1.165, 1.54) is 0 Å². The summed E-state index contributed by atoms with van der Waals surface area (Å²) in [7, 11) is 0. The Labute approximate surface area is 101 Å². The van der Waals surface area contributed by atoms with E-state index >= 15 is 0 Å². The second kappa shape index (κ2) is 4.28. The molecular formula is C10H10IN3O. The van der Waals surface area contributed by atoms with Crippen LogP contribution in [0.4, 0.5) is 0 Å².